The quantitative estimate of drug-likeness (QED) is 0.849. The van der Waals surface area contributed by atoms with Crippen LogP contribution in [0.4, 0.5) is 0 Å². The van der Waals surface area contributed by atoms with Gasteiger partial charge in [0, 0.05) is 10.9 Å². The number of Topliss-reactive ketones (excluding diaryl/α,β-unsaturated/α-hetero) is 1. The van der Waals surface area contributed by atoms with Crippen LogP contribution in [0.15, 0.2) is 12.1 Å². The number of nitrogens with two attached hydrogens (primary N) is 1. The van der Waals surface area contributed by atoms with E-state index in [4.69, 9.17) is 17.3 Å². The van der Waals surface area contributed by atoms with Crippen LogP contribution in [0.5, 0.6) is 5.75 Å². The Morgan fingerprint density at radius 3 is 2.57 bits per heavy atom. The number of aromatic hydroxyl groups is 1. The van der Waals surface area contributed by atoms with E-state index in [9.17, 15) is 14.7 Å². The molecule has 0 aliphatic carbocycles. The maximum atomic E-state index is 11.7. The number of ketones is 1. The Morgan fingerprint density at radius 1 is 1.38 bits per heavy atom. The molecular weight excluding hydrogens is 292 g/mol. The summed E-state index contributed by atoms with van der Waals surface area (Å²) >= 11 is 6.17. The number of aromatic nitrogens is 1. The third-order valence-corrected chi connectivity index (χ3v) is 3.57. The van der Waals surface area contributed by atoms with Gasteiger partial charge in [0.25, 0.3) is 5.91 Å². The molecule has 0 unspecified atom stereocenters. The van der Waals surface area contributed by atoms with Crippen molar-refractivity contribution in [3.63, 3.8) is 0 Å². The largest absolute Gasteiger partial charge is 0.507 e. The van der Waals surface area contributed by atoms with Gasteiger partial charge in [-0.3, -0.25) is 9.59 Å². The second-order valence-electron chi connectivity index (χ2n) is 4.81. The number of halogens is 1. The number of pyridine rings is 1. The summed E-state index contributed by atoms with van der Waals surface area (Å²) in [6, 6.07) is 2.86. The topological polar surface area (TPSA) is 93.3 Å². The van der Waals surface area contributed by atoms with Gasteiger partial charge in [-0.2, -0.15) is 0 Å². The van der Waals surface area contributed by atoms with Crippen LogP contribution in [0, 0.1) is 0 Å². The van der Waals surface area contributed by atoms with Gasteiger partial charge in [-0.05, 0) is 25.5 Å². The molecule has 6 heteroatoms. The number of primary amides is 1. The van der Waals surface area contributed by atoms with Gasteiger partial charge in [0.1, 0.15) is 11.4 Å². The number of rotatable bonds is 4. The molecule has 0 atom stereocenters. The molecule has 1 aromatic heterocycles. The molecule has 0 bridgehead atoms. The second-order valence-corrected chi connectivity index (χ2v) is 5.21. The molecule has 5 nitrogen and oxygen atoms in total. The van der Waals surface area contributed by atoms with E-state index in [1.165, 1.54) is 19.1 Å². The first-order valence-corrected chi connectivity index (χ1v) is 6.90. The first kappa shape index (κ1) is 15.3. The minimum Gasteiger partial charge on any atom is -0.507 e. The van der Waals surface area contributed by atoms with Gasteiger partial charge in [-0.1, -0.05) is 24.9 Å². The number of benzene rings is 1. The SMILES string of the molecule is CCCc1c(O)c(C(C)=O)cc2c(Cl)cc(C(N)=O)nc12. The number of fused-ring (bicyclic) bond motifs is 1. The van der Waals surface area contributed by atoms with Crippen LogP contribution >= 0.6 is 11.6 Å². The van der Waals surface area contributed by atoms with Gasteiger partial charge >= 0.3 is 0 Å². The summed E-state index contributed by atoms with van der Waals surface area (Å²) in [7, 11) is 0. The van der Waals surface area contributed by atoms with E-state index in [-0.39, 0.29) is 27.8 Å². The lowest BCUT2D eigenvalue weighted by Crippen LogP contribution is -2.13. The zero-order chi connectivity index (χ0) is 15.7. The first-order chi connectivity index (χ1) is 9.86. The van der Waals surface area contributed by atoms with E-state index in [1.54, 1.807) is 0 Å². The molecule has 3 N–H and O–H groups in total. The molecule has 0 spiro atoms. The van der Waals surface area contributed by atoms with Crippen molar-refractivity contribution >= 4 is 34.2 Å². The van der Waals surface area contributed by atoms with Crippen LogP contribution in [0.3, 0.4) is 0 Å². The van der Waals surface area contributed by atoms with E-state index in [2.05, 4.69) is 4.98 Å². The smallest absolute Gasteiger partial charge is 0.267 e. The number of aryl methyl sites for hydroxylation is 1. The molecule has 0 radical (unpaired) electrons. The van der Waals surface area contributed by atoms with Crippen molar-refractivity contribution in [1.29, 1.82) is 0 Å². The van der Waals surface area contributed by atoms with E-state index >= 15 is 0 Å². The van der Waals surface area contributed by atoms with Crippen LogP contribution in [0.1, 0.15) is 46.7 Å². The predicted octanol–water partition coefficient (Wildman–Crippen LogP) is 2.85. The van der Waals surface area contributed by atoms with E-state index < -0.39 is 5.91 Å². The summed E-state index contributed by atoms with van der Waals surface area (Å²) in [6.45, 7) is 3.31. The highest BCUT2D eigenvalue weighted by Crippen LogP contribution is 2.35. The number of phenolic OH excluding ortho intramolecular Hbond substituents is 1. The maximum absolute atomic E-state index is 11.7. The number of phenols is 1. The lowest BCUT2D eigenvalue weighted by Gasteiger charge is -2.13. The predicted molar refractivity (Wildman–Crippen MR) is 80.9 cm³/mol. The number of nitrogens with zero attached hydrogens (tertiary/aromatic N) is 1. The van der Waals surface area contributed by atoms with E-state index in [0.29, 0.717) is 22.9 Å². The Bertz CT molecular complexity index is 756. The number of hydrogen-bond donors (Lipinski definition) is 2. The van der Waals surface area contributed by atoms with Gasteiger partial charge in [0.15, 0.2) is 5.78 Å². The van der Waals surface area contributed by atoms with Crippen LogP contribution in [-0.2, 0) is 6.42 Å². The van der Waals surface area contributed by atoms with Crippen LogP contribution < -0.4 is 5.73 Å². The molecule has 21 heavy (non-hydrogen) atoms. The summed E-state index contributed by atoms with van der Waals surface area (Å²) in [5.74, 6) is -1.07. The molecule has 0 saturated heterocycles. The van der Waals surface area contributed by atoms with Gasteiger partial charge in [-0.25, -0.2) is 4.98 Å². The summed E-state index contributed by atoms with van der Waals surface area (Å²) in [4.78, 5) is 27.2. The summed E-state index contributed by atoms with van der Waals surface area (Å²) in [5.41, 5.74) is 6.37. The van der Waals surface area contributed by atoms with Crippen LogP contribution in [0.25, 0.3) is 10.9 Å². The van der Waals surface area contributed by atoms with E-state index in [1.807, 2.05) is 6.92 Å². The molecule has 0 fully saturated rings. The Kier molecular flexibility index (Phi) is 4.14. The maximum Gasteiger partial charge on any atom is 0.267 e. The molecule has 1 aromatic carbocycles. The summed E-state index contributed by atoms with van der Waals surface area (Å²) < 4.78 is 0. The Hall–Kier alpha value is -2.14. The third kappa shape index (κ3) is 2.69. The Morgan fingerprint density at radius 2 is 2.05 bits per heavy atom. The van der Waals surface area contributed by atoms with Crippen molar-refractivity contribution in [3.8, 4) is 5.75 Å². The van der Waals surface area contributed by atoms with Crippen molar-refractivity contribution in [2.24, 2.45) is 5.73 Å². The van der Waals surface area contributed by atoms with Gasteiger partial charge < -0.3 is 10.8 Å². The minimum absolute atomic E-state index is 0.0276. The molecular formula is C15H15ClN2O3. The van der Waals surface area contributed by atoms with Crippen molar-refractivity contribution in [3.05, 3.63) is 34.0 Å². The summed E-state index contributed by atoms with van der Waals surface area (Å²) in [5, 5.41) is 11.1. The van der Waals surface area contributed by atoms with Crippen molar-refractivity contribution in [1.82, 2.24) is 4.98 Å². The fourth-order valence-electron chi connectivity index (χ4n) is 2.26. The number of amides is 1. The lowest BCUT2D eigenvalue weighted by molar-refractivity contribution is 0.0991. The van der Waals surface area contributed by atoms with Crippen molar-refractivity contribution < 1.29 is 14.7 Å². The molecule has 2 aromatic rings. The number of carbonyl (C=O) groups is 2. The molecule has 1 amide bonds. The minimum atomic E-state index is -0.698. The zero-order valence-corrected chi connectivity index (χ0v) is 12.5. The second kappa shape index (κ2) is 5.69. The molecule has 0 aliphatic rings. The average Bonchev–Trinajstić information content (AvgIpc) is 2.41. The fourth-order valence-corrected chi connectivity index (χ4v) is 2.51. The first-order valence-electron chi connectivity index (χ1n) is 6.52. The highest BCUT2D eigenvalue weighted by Gasteiger charge is 2.19. The van der Waals surface area contributed by atoms with Gasteiger partial charge in [0.2, 0.25) is 0 Å². The summed E-state index contributed by atoms with van der Waals surface area (Å²) in [6.07, 6.45) is 1.25. The normalized spacial score (nSPS) is 10.8. The number of carbonyl (C=O) groups excluding carboxylic acids is 2. The molecule has 110 valence electrons. The molecule has 1 heterocycles. The molecule has 0 saturated carbocycles. The monoisotopic (exact) mass is 306 g/mol. The van der Waals surface area contributed by atoms with Crippen LogP contribution in [-0.4, -0.2) is 21.8 Å². The average molecular weight is 307 g/mol. The standard InChI is InChI=1S/C15H15ClN2O3/c1-3-4-8-13-10(5-9(7(2)19)14(8)20)11(16)6-12(18-13)15(17)21/h5-6,20H,3-4H2,1-2H3,(H2,17,21). The Labute approximate surface area is 126 Å². The zero-order valence-electron chi connectivity index (χ0n) is 11.7. The van der Waals surface area contributed by atoms with E-state index in [0.717, 1.165) is 6.42 Å². The highest BCUT2D eigenvalue weighted by atomic mass is 35.5. The third-order valence-electron chi connectivity index (χ3n) is 3.26. The van der Waals surface area contributed by atoms with Gasteiger partial charge in [0.05, 0.1) is 16.1 Å². The van der Waals surface area contributed by atoms with Crippen LogP contribution in [0.2, 0.25) is 5.02 Å². The lowest BCUT2D eigenvalue weighted by atomic mass is 9.98. The Balaban J connectivity index is 2.92. The fraction of sp³-hybridized carbons (Fsp3) is 0.267. The molecule has 2 rings (SSSR count). The van der Waals surface area contributed by atoms with Crippen molar-refractivity contribution in [2.75, 3.05) is 0 Å². The number of hydrogen-bond acceptors (Lipinski definition) is 4. The highest BCUT2D eigenvalue weighted by molar-refractivity contribution is 6.36. The molecule has 0 aliphatic heterocycles. The van der Waals surface area contributed by atoms with Crippen molar-refractivity contribution in [2.45, 2.75) is 26.7 Å². The van der Waals surface area contributed by atoms with Gasteiger partial charge in [-0.15, -0.1) is 0 Å².